The van der Waals surface area contributed by atoms with Crippen LogP contribution in [0.25, 0.3) is 11.3 Å². The summed E-state index contributed by atoms with van der Waals surface area (Å²) in [5.74, 6) is 1.22. The number of methoxy groups -OCH3 is 2. The van der Waals surface area contributed by atoms with Gasteiger partial charge in [0.05, 0.1) is 30.3 Å². The van der Waals surface area contributed by atoms with E-state index < -0.39 is 6.04 Å². The SMILES string of the molecule is COc1ccc(CCN2C(=O)c3[nH]nc(-c4cc(C)cc(C)c4O)c3C2c2ccc(Cl)c(Cl)c2)cc1OC. The number of H-pyrrole nitrogens is 1. The number of ether oxygens (including phenoxy) is 2. The molecule has 7 nitrogen and oxygen atoms in total. The lowest BCUT2D eigenvalue weighted by molar-refractivity contribution is 0.0746. The number of aryl methyl sites for hydroxylation is 2. The number of aromatic nitrogens is 2. The Balaban J connectivity index is 1.59. The Bertz CT molecular complexity index is 1550. The number of phenols is 1. The van der Waals surface area contributed by atoms with Crippen LogP contribution in [0, 0.1) is 13.8 Å². The molecule has 3 aromatic carbocycles. The predicted molar refractivity (Wildman–Crippen MR) is 148 cm³/mol. The Morgan fingerprint density at radius 3 is 2.47 bits per heavy atom. The van der Waals surface area contributed by atoms with Gasteiger partial charge in [-0.15, -0.1) is 0 Å². The normalized spacial score (nSPS) is 14.6. The minimum Gasteiger partial charge on any atom is -0.507 e. The van der Waals surface area contributed by atoms with Crippen molar-refractivity contribution in [2.75, 3.05) is 20.8 Å². The molecule has 2 heterocycles. The minimum atomic E-state index is -0.485. The minimum absolute atomic E-state index is 0.133. The number of benzene rings is 3. The smallest absolute Gasteiger partial charge is 0.273 e. The van der Waals surface area contributed by atoms with Crippen LogP contribution in [0.5, 0.6) is 17.2 Å². The third-order valence-electron chi connectivity index (χ3n) is 6.91. The Labute approximate surface area is 230 Å². The second-order valence-corrected chi connectivity index (χ2v) is 10.2. The number of fused-ring (bicyclic) bond motifs is 1. The van der Waals surface area contributed by atoms with Gasteiger partial charge in [0.25, 0.3) is 5.91 Å². The van der Waals surface area contributed by atoms with Crippen LogP contribution in [0.3, 0.4) is 0 Å². The van der Waals surface area contributed by atoms with Crippen LogP contribution >= 0.6 is 23.2 Å². The van der Waals surface area contributed by atoms with Gasteiger partial charge in [-0.05, 0) is 72.9 Å². The molecule has 196 valence electrons. The van der Waals surface area contributed by atoms with Crippen LogP contribution < -0.4 is 9.47 Å². The fourth-order valence-corrected chi connectivity index (χ4v) is 5.39. The van der Waals surface area contributed by atoms with Crippen molar-refractivity contribution in [1.29, 1.82) is 0 Å². The number of aromatic amines is 1. The number of carbonyl (C=O) groups is 1. The maximum absolute atomic E-state index is 13.7. The van der Waals surface area contributed by atoms with E-state index in [0.29, 0.717) is 57.0 Å². The maximum Gasteiger partial charge on any atom is 0.273 e. The van der Waals surface area contributed by atoms with Crippen LogP contribution in [-0.2, 0) is 6.42 Å². The fraction of sp³-hybridized carbons (Fsp3) is 0.241. The van der Waals surface area contributed by atoms with Gasteiger partial charge in [0.1, 0.15) is 17.1 Å². The van der Waals surface area contributed by atoms with E-state index in [1.807, 2.05) is 50.2 Å². The maximum atomic E-state index is 13.7. The first-order valence-corrected chi connectivity index (χ1v) is 12.8. The molecule has 4 aromatic rings. The van der Waals surface area contributed by atoms with E-state index in [-0.39, 0.29) is 11.7 Å². The summed E-state index contributed by atoms with van der Waals surface area (Å²) in [6.45, 7) is 4.22. The molecule has 1 aliphatic heterocycles. The molecule has 0 saturated carbocycles. The Morgan fingerprint density at radius 1 is 1.00 bits per heavy atom. The summed E-state index contributed by atoms with van der Waals surface area (Å²) in [6, 6.07) is 14.4. The highest BCUT2D eigenvalue weighted by Gasteiger charge is 2.42. The van der Waals surface area contributed by atoms with E-state index in [0.717, 1.165) is 22.3 Å². The number of hydrogen-bond donors (Lipinski definition) is 2. The zero-order valence-corrected chi connectivity index (χ0v) is 22.9. The number of amides is 1. The highest BCUT2D eigenvalue weighted by atomic mass is 35.5. The molecule has 0 radical (unpaired) electrons. The first kappa shape index (κ1) is 25.9. The zero-order valence-electron chi connectivity index (χ0n) is 21.4. The van der Waals surface area contributed by atoms with Gasteiger partial charge in [-0.1, -0.05) is 41.4 Å². The number of rotatable bonds is 7. The third kappa shape index (κ3) is 4.46. The van der Waals surface area contributed by atoms with Crippen molar-refractivity contribution in [3.8, 4) is 28.5 Å². The van der Waals surface area contributed by atoms with Crippen LogP contribution in [0.15, 0.2) is 48.5 Å². The van der Waals surface area contributed by atoms with Crippen molar-refractivity contribution in [2.24, 2.45) is 0 Å². The molecule has 0 aliphatic carbocycles. The molecule has 1 aliphatic rings. The van der Waals surface area contributed by atoms with Crippen molar-refractivity contribution in [3.05, 3.63) is 92.1 Å². The number of phenolic OH excluding ortho intramolecular Hbond substituents is 1. The lowest BCUT2D eigenvalue weighted by atomic mass is 9.94. The number of halogens is 2. The standard InChI is InChI=1S/C29H27Cl2N3O4/c1-15-11-16(2)28(35)19(12-15)25-24-26(33-32-25)29(36)34(27(24)18-6-7-20(30)21(31)14-18)10-9-17-5-8-22(37-3)23(13-17)38-4/h5-8,11-14,27,35H,9-10H2,1-4H3,(H,32,33). The first-order valence-electron chi connectivity index (χ1n) is 12.1. The summed E-state index contributed by atoms with van der Waals surface area (Å²) in [7, 11) is 3.19. The molecule has 1 aromatic heterocycles. The van der Waals surface area contributed by atoms with Crippen LogP contribution in [-0.4, -0.2) is 46.9 Å². The van der Waals surface area contributed by atoms with Crippen LogP contribution in [0.4, 0.5) is 0 Å². The van der Waals surface area contributed by atoms with Crippen LogP contribution in [0.1, 0.15) is 44.3 Å². The molecule has 0 saturated heterocycles. The van der Waals surface area contributed by atoms with Gasteiger partial charge in [-0.3, -0.25) is 9.89 Å². The largest absolute Gasteiger partial charge is 0.507 e. The molecular formula is C29H27Cl2N3O4. The molecule has 9 heteroatoms. The average Bonchev–Trinajstić information content (AvgIpc) is 3.45. The van der Waals surface area contributed by atoms with Crippen molar-refractivity contribution in [2.45, 2.75) is 26.3 Å². The highest BCUT2D eigenvalue weighted by Crippen LogP contribution is 2.46. The predicted octanol–water partition coefficient (Wildman–Crippen LogP) is 6.51. The van der Waals surface area contributed by atoms with E-state index in [2.05, 4.69) is 10.2 Å². The van der Waals surface area contributed by atoms with Gasteiger partial charge < -0.3 is 19.5 Å². The summed E-state index contributed by atoms with van der Waals surface area (Å²) < 4.78 is 10.8. The molecule has 1 amide bonds. The number of carbonyl (C=O) groups excluding carboxylic acids is 1. The monoisotopic (exact) mass is 551 g/mol. The Hall–Kier alpha value is -3.68. The van der Waals surface area contributed by atoms with Crippen molar-refractivity contribution in [3.63, 3.8) is 0 Å². The first-order chi connectivity index (χ1) is 18.2. The molecule has 0 spiro atoms. The average molecular weight is 552 g/mol. The van der Waals surface area contributed by atoms with E-state index in [1.54, 1.807) is 31.3 Å². The topological polar surface area (TPSA) is 87.7 Å². The second kappa shape index (κ2) is 10.2. The van der Waals surface area contributed by atoms with Crippen molar-refractivity contribution >= 4 is 29.1 Å². The summed E-state index contributed by atoms with van der Waals surface area (Å²) in [5, 5.41) is 19.2. The van der Waals surface area contributed by atoms with Gasteiger partial charge in [-0.25, -0.2) is 0 Å². The van der Waals surface area contributed by atoms with Gasteiger partial charge in [0.2, 0.25) is 0 Å². The van der Waals surface area contributed by atoms with Crippen molar-refractivity contribution in [1.82, 2.24) is 15.1 Å². The molecule has 38 heavy (non-hydrogen) atoms. The summed E-state index contributed by atoms with van der Waals surface area (Å²) in [6.07, 6.45) is 0.575. The fourth-order valence-electron chi connectivity index (χ4n) is 5.09. The molecular weight excluding hydrogens is 525 g/mol. The Kier molecular flexibility index (Phi) is 6.99. The van der Waals surface area contributed by atoms with E-state index in [9.17, 15) is 9.90 Å². The molecule has 0 bridgehead atoms. The molecule has 0 fully saturated rings. The lowest BCUT2D eigenvalue weighted by Crippen LogP contribution is -2.31. The van der Waals surface area contributed by atoms with E-state index in [1.165, 1.54) is 0 Å². The van der Waals surface area contributed by atoms with Gasteiger partial charge >= 0.3 is 0 Å². The lowest BCUT2D eigenvalue weighted by Gasteiger charge is -2.27. The number of nitrogens with zero attached hydrogens (tertiary/aromatic N) is 2. The second-order valence-electron chi connectivity index (χ2n) is 9.35. The van der Waals surface area contributed by atoms with Gasteiger partial charge in [-0.2, -0.15) is 5.10 Å². The summed E-state index contributed by atoms with van der Waals surface area (Å²) in [5.41, 5.74) is 5.68. The van der Waals surface area contributed by atoms with Crippen molar-refractivity contribution < 1.29 is 19.4 Å². The molecule has 1 unspecified atom stereocenters. The molecule has 1 atom stereocenters. The molecule has 2 N–H and O–H groups in total. The summed E-state index contributed by atoms with van der Waals surface area (Å²) >= 11 is 12.6. The van der Waals surface area contributed by atoms with Gasteiger partial charge in [0, 0.05) is 17.7 Å². The highest BCUT2D eigenvalue weighted by molar-refractivity contribution is 6.42. The zero-order chi connectivity index (χ0) is 27.1. The summed E-state index contributed by atoms with van der Waals surface area (Å²) in [4.78, 5) is 15.5. The Morgan fingerprint density at radius 2 is 1.76 bits per heavy atom. The number of hydrogen-bond acceptors (Lipinski definition) is 5. The van der Waals surface area contributed by atoms with Gasteiger partial charge in [0.15, 0.2) is 11.5 Å². The molecule has 5 rings (SSSR count). The quantitative estimate of drug-likeness (QED) is 0.273. The van der Waals surface area contributed by atoms with E-state index in [4.69, 9.17) is 32.7 Å². The number of aromatic hydroxyl groups is 1. The van der Waals surface area contributed by atoms with Crippen LogP contribution in [0.2, 0.25) is 10.0 Å². The van der Waals surface area contributed by atoms with E-state index >= 15 is 0 Å². The third-order valence-corrected chi connectivity index (χ3v) is 7.65. The number of nitrogens with one attached hydrogen (secondary N) is 1.